The number of rotatable bonds is 3. The third-order valence-electron chi connectivity index (χ3n) is 3.37. The molecular weight excluding hydrogens is 311 g/mol. The van der Waals surface area contributed by atoms with Crippen molar-refractivity contribution in [2.24, 2.45) is 5.10 Å². The number of hydrogen-bond acceptors (Lipinski definition) is 3. The Morgan fingerprint density at radius 3 is 3.10 bits per heavy atom. The lowest BCUT2D eigenvalue weighted by atomic mass is 10.2. The van der Waals surface area contributed by atoms with E-state index < -0.39 is 0 Å². The van der Waals surface area contributed by atoms with E-state index in [2.05, 4.69) is 20.7 Å². The van der Waals surface area contributed by atoms with E-state index in [1.165, 1.54) is 6.21 Å². The smallest absolute Gasteiger partial charge is 0.281 e. The number of benzene rings is 1. The fourth-order valence-corrected chi connectivity index (χ4v) is 2.70. The first-order valence-corrected chi connectivity index (χ1v) is 7.26. The van der Waals surface area contributed by atoms with Gasteiger partial charge >= 0.3 is 0 Å². The average Bonchev–Trinajstić information content (AvgIpc) is 3.06. The number of H-pyrrole nitrogens is 1. The number of amides is 1. The average molecular weight is 323 g/mol. The van der Waals surface area contributed by atoms with Crippen molar-refractivity contribution in [1.29, 1.82) is 0 Å². The Morgan fingerprint density at radius 1 is 1.38 bits per heavy atom. The molecule has 1 heterocycles. The summed E-state index contributed by atoms with van der Waals surface area (Å²) in [5.41, 5.74) is 5.54. The minimum absolute atomic E-state index is 0.330. The molecule has 1 aliphatic rings. The van der Waals surface area contributed by atoms with Gasteiger partial charge in [-0.1, -0.05) is 35.3 Å². The molecule has 108 valence electrons. The van der Waals surface area contributed by atoms with Crippen LogP contribution in [-0.4, -0.2) is 22.3 Å². The predicted molar refractivity (Wildman–Crippen MR) is 82.1 cm³/mol. The van der Waals surface area contributed by atoms with Gasteiger partial charge in [0.05, 0.1) is 16.3 Å². The van der Waals surface area contributed by atoms with Gasteiger partial charge in [0.25, 0.3) is 5.91 Å². The Hall–Kier alpha value is -1.85. The van der Waals surface area contributed by atoms with Gasteiger partial charge in [0.15, 0.2) is 5.69 Å². The molecule has 0 saturated heterocycles. The summed E-state index contributed by atoms with van der Waals surface area (Å²) in [6.45, 7) is 0. The molecule has 0 bridgehead atoms. The van der Waals surface area contributed by atoms with E-state index in [-0.39, 0.29) is 5.91 Å². The fourth-order valence-electron chi connectivity index (χ4n) is 2.34. The van der Waals surface area contributed by atoms with E-state index in [0.717, 1.165) is 30.5 Å². The maximum absolute atomic E-state index is 12.0. The van der Waals surface area contributed by atoms with E-state index in [4.69, 9.17) is 23.2 Å². The number of fused-ring (bicyclic) bond motifs is 1. The van der Waals surface area contributed by atoms with Crippen molar-refractivity contribution in [3.63, 3.8) is 0 Å². The Bertz CT molecular complexity index is 724. The number of nitrogens with one attached hydrogen (secondary N) is 2. The van der Waals surface area contributed by atoms with Gasteiger partial charge in [-0.15, -0.1) is 0 Å². The molecule has 21 heavy (non-hydrogen) atoms. The third-order valence-corrected chi connectivity index (χ3v) is 4.21. The molecule has 5 nitrogen and oxygen atoms in total. The molecule has 1 aromatic carbocycles. The molecule has 1 amide bonds. The standard InChI is InChI=1S/C14H12Cl2N4O/c15-10-5-1-3-8(12(10)16)7-17-20-14(21)13-9-4-2-6-11(9)18-19-13/h1,3,5,7H,2,4,6H2,(H,18,19)(H,20,21)/b17-7-. The largest absolute Gasteiger partial charge is 0.292 e. The van der Waals surface area contributed by atoms with Gasteiger partial charge in [-0.3, -0.25) is 9.89 Å². The Kier molecular flexibility index (Phi) is 3.94. The number of halogens is 2. The topological polar surface area (TPSA) is 70.1 Å². The Balaban J connectivity index is 1.71. The molecule has 3 rings (SSSR count). The highest BCUT2D eigenvalue weighted by atomic mass is 35.5. The van der Waals surface area contributed by atoms with Crippen LogP contribution in [0.2, 0.25) is 10.0 Å². The Morgan fingerprint density at radius 2 is 2.24 bits per heavy atom. The van der Waals surface area contributed by atoms with Crippen molar-refractivity contribution in [1.82, 2.24) is 15.6 Å². The fraction of sp³-hybridized carbons (Fsp3) is 0.214. The molecule has 0 atom stereocenters. The van der Waals surface area contributed by atoms with Crippen molar-refractivity contribution in [3.8, 4) is 0 Å². The molecule has 0 fully saturated rings. The van der Waals surface area contributed by atoms with Gasteiger partial charge < -0.3 is 0 Å². The van der Waals surface area contributed by atoms with Crippen molar-refractivity contribution in [2.45, 2.75) is 19.3 Å². The van der Waals surface area contributed by atoms with Crippen molar-refractivity contribution < 1.29 is 4.79 Å². The highest BCUT2D eigenvalue weighted by Gasteiger charge is 2.22. The number of carbonyl (C=O) groups excluding carboxylic acids is 1. The van der Waals surface area contributed by atoms with Crippen molar-refractivity contribution in [3.05, 3.63) is 50.8 Å². The van der Waals surface area contributed by atoms with Gasteiger partial charge in [0.2, 0.25) is 0 Å². The molecule has 7 heteroatoms. The molecule has 1 aromatic heterocycles. The van der Waals surface area contributed by atoms with Crippen LogP contribution in [0.15, 0.2) is 23.3 Å². The van der Waals surface area contributed by atoms with Crippen LogP contribution in [0.4, 0.5) is 0 Å². The summed E-state index contributed by atoms with van der Waals surface area (Å²) < 4.78 is 0. The van der Waals surface area contributed by atoms with Crippen LogP contribution in [0.3, 0.4) is 0 Å². The zero-order chi connectivity index (χ0) is 14.8. The van der Waals surface area contributed by atoms with Gasteiger partial charge in [-0.05, 0) is 25.3 Å². The number of aromatic amines is 1. The zero-order valence-electron chi connectivity index (χ0n) is 11.0. The quantitative estimate of drug-likeness (QED) is 0.673. The lowest BCUT2D eigenvalue weighted by molar-refractivity contribution is 0.0949. The second kappa shape index (κ2) is 5.87. The molecule has 1 aliphatic carbocycles. The van der Waals surface area contributed by atoms with Crippen LogP contribution in [0, 0.1) is 0 Å². The summed E-state index contributed by atoms with van der Waals surface area (Å²) in [7, 11) is 0. The van der Waals surface area contributed by atoms with E-state index in [0.29, 0.717) is 21.3 Å². The summed E-state index contributed by atoms with van der Waals surface area (Å²) in [5.74, 6) is -0.330. The van der Waals surface area contributed by atoms with E-state index in [9.17, 15) is 4.79 Å². The second-order valence-electron chi connectivity index (χ2n) is 4.73. The summed E-state index contributed by atoms with van der Waals surface area (Å²) in [6, 6.07) is 5.21. The van der Waals surface area contributed by atoms with Crippen LogP contribution in [-0.2, 0) is 12.8 Å². The van der Waals surface area contributed by atoms with E-state index in [1.54, 1.807) is 18.2 Å². The van der Waals surface area contributed by atoms with E-state index >= 15 is 0 Å². The molecule has 0 radical (unpaired) electrons. The molecule has 0 unspecified atom stereocenters. The molecule has 0 spiro atoms. The van der Waals surface area contributed by atoms with Gasteiger partial charge in [-0.25, -0.2) is 5.43 Å². The van der Waals surface area contributed by atoms with Gasteiger partial charge in [0, 0.05) is 16.8 Å². The summed E-state index contributed by atoms with van der Waals surface area (Å²) >= 11 is 11.9. The van der Waals surface area contributed by atoms with Crippen LogP contribution in [0.1, 0.15) is 33.7 Å². The lowest BCUT2D eigenvalue weighted by Crippen LogP contribution is -2.19. The first-order chi connectivity index (χ1) is 10.2. The number of hydrogen-bond donors (Lipinski definition) is 2. The number of hydrazone groups is 1. The second-order valence-corrected chi connectivity index (χ2v) is 5.51. The minimum atomic E-state index is -0.330. The summed E-state index contributed by atoms with van der Waals surface area (Å²) in [6.07, 6.45) is 4.32. The summed E-state index contributed by atoms with van der Waals surface area (Å²) in [4.78, 5) is 12.0. The van der Waals surface area contributed by atoms with E-state index in [1.807, 2.05) is 0 Å². The first-order valence-electron chi connectivity index (χ1n) is 6.50. The van der Waals surface area contributed by atoms with Crippen molar-refractivity contribution in [2.75, 3.05) is 0 Å². The highest BCUT2D eigenvalue weighted by Crippen LogP contribution is 2.24. The molecule has 0 saturated carbocycles. The molecule has 2 aromatic rings. The number of aromatic nitrogens is 2. The highest BCUT2D eigenvalue weighted by molar-refractivity contribution is 6.43. The molecule has 2 N–H and O–H groups in total. The Labute approximate surface area is 131 Å². The first kappa shape index (κ1) is 14.1. The SMILES string of the molecule is O=C(N/N=C\c1cccc(Cl)c1Cl)c1n[nH]c2c1CCC2. The monoisotopic (exact) mass is 322 g/mol. The molecular formula is C14H12Cl2N4O. The third kappa shape index (κ3) is 2.80. The van der Waals surface area contributed by atoms with Gasteiger partial charge in [-0.2, -0.15) is 10.2 Å². The minimum Gasteiger partial charge on any atom is -0.281 e. The normalized spacial score (nSPS) is 13.6. The number of carbonyl (C=O) groups is 1. The number of nitrogens with zero attached hydrogens (tertiary/aromatic N) is 2. The molecule has 0 aliphatic heterocycles. The van der Waals surface area contributed by atoms with Gasteiger partial charge in [0.1, 0.15) is 0 Å². The van der Waals surface area contributed by atoms with Crippen LogP contribution in [0.25, 0.3) is 0 Å². The van der Waals surface area contributed by atoms with Crippen LogP contribution >= 0.6 is 23.2 Å². The zero-order valence-corrected chi connectivity index (χ0v) is 12.5. The number of aryl methyl sites for hydroxylation is 1. The van der Waals surface area contributed by atoms with Crippen molar-refractivity contribution >= 4 is 35.3 Å². The lowest BCUT2D eigenvalue weighted by Gasteiger charge is -2.00. The summed E-state index contributed by atoms with van der Waals surface area (Å²) in [5, 5.41) is 11.7. The maximum Gasteiger partial charge on any atom is 0.292 e. The predicted octanol–water partition coefficient (Wildman–Crippen LogP) is 2.97. The van der Waals surface area contributed by atoms with Crippen LogP contribution in [0.5, 0.6) is 0 Å². The van der Waals surface area contributed by atoms with Crippen LogP contribution < -0.4 is 5.43 Å². The maximum atomic E-state index is 12.0.